The number of rotatable bonds is 3. The molecule has 0 spiro atoms. The molecule has 3 rings (SSSR count). The van der Waals surface area contributed by atoms with Crippen LogP contribution in [0.4, 0.5) is 0 Å². The van der Waals surface area contributed by atoms with Crippen molar-refractivity contribution in [2.24, 2.45) is 0 Å². The van der Waals surface area contributed by atoms with Crippen LogP contribution in [0.2, 0.25) is 5.15 Å². The van der Waals surface area contributed by atoms with Gasteiger partial charge in [-0.1, -0.05) is 33.6 Å². The zero-order chi connectivity index (χ0) is 13.4. The van der Waals surface area contributed by atoms with Crippen LogP contribution in [0.3, 0.4) is 0 Å². The average Bonchev–Trinajstić information content (AvgIpc) is 3.17. The van der Waals surface area contributed by atoms with E-state index in [1.807, 2.05) is 25.1 Å². The van der Waals surface area contributed by atoms with E-state index in [-0.39, 0.29) is 0 Å². The second-order valence-electron chi connectivity index (χ2n) is 4.67. The highest BCUT2D eigenvalue weighted by atomic mass is 79.9. The van der Waals surface area contributed by atoms with E-state index in [2.05, 4.69) is 25.9 Å². The number of halogens is 2. The Morgan fingerprint density at radius 2 is 2.05 bits per heavy atom. The first kappa shape index (κ1) is 12.9. The van der Waals surface area contributed by atoms with Crippen molar-refractivity contribution in [2.75, 3.05) is 0 Å². The molecule has 19 heavy (non-hydrogen) atoms. The number of aryl methyl sites for hydroxylation is 1. The summed E-state index contributed by atoms with van der Waals surface area (Å²) in [5, 5.41) is 0.430. The lowest BCUT2D eigenvalue weighted by Crippen LogP contribution is -1.97. The third-order valence-corrected chi connectivity index (χ3v) is 3.68. The normalized spacial score (nSPS) is 14.5. The third kappa shape index (κ3) is 3.07. The Bertz CT molecular complexity index is 629. The maximum atomic E-state index is 6.02. The predicted octanol–water partition coefficient (Wildman–Crippen LogP) is 4.87. The molecule has 0 saturated heterocycles. The van der Waals surface area contributed by atoms with Crippen LogP contribution in [-0.2, 0) is 0 Å². The van der Waals surface area contributed by atoms with Crippen molar-refractivity contribution < 1.29 is 4.74 Å². The van der Waals surface area contributed by atoms with Gasteiger partial charge in [0.25, 0.3) is 0 Å². The van der Waals surface area contributed by atoms with Gasteiger partial charge in [0.1, 0.15) is 16.7 Å². The second kappa shape index (κ2) is 5.10. The topological polar surface area (TPSA) is 35.0 Å². The molecule has 5 heteroatoms. The molecule has 1 aliphatic rings. The molecule has 1 aromatic carbocycles. The molecule has 0 atom stereocenters. The molecule has 1 aromatic heterocycles. The minimum Gasteiger partial charge on any atom is -0.439 e. The average molecular weight is 340 g/mol. The number of hydrogen-bond acceptors (Lipinski definition) is 3. The van der Waals surface area contributed by atoms with E-state index < -0.39 is 0 Å². The molecule has 0 unspecified atom stereocenters. The highest BCUT2D eigenvalue weighted by molar-refractivity contribution is 9.10. The summed E-state index contributed by atoms with van der Waals surface area (Å²) in [7, 11) is 0. The van der Waals surface area contributed by atoms with Gasteiger partial charge < -0.3 is 4.74 Å². The van der Waals surface area contributed by atoms with E-state index in [4.69, 9.17) is 16.3 Å². The van der Waals surface area contributed by atoms with E-state index >= 15 is 0 Å². The maximum absolute atomic E-state index is 6.02. The second-order valence-corrected chi connectivity index (χ2v) is 5.98. The summed E-state index contributed by atoms with van der Waals surface area (Å²) in [6.45, 7) is 1.99. The first-order valence-corrected chi connectivity index (χ1v) is 7.27. The van der Waals surface area contributed by atoms with Crippen LogP contribution in [0.1, 0.15) is 30.1 Å². The van der Waals surface area contributed by atoms with Gasteiger partial charge in [-0.05, 0) is 37.5 Å². The van der Waals surface area contributed by atoms with Gasteiger partial charge in [-0.25, -0.2) is 4.98 Å². The van der Waals surface area contributed by atoms with Gasteiger partial charge in [-0.3, -0.25) is 0 Å². The van der Waals surface area contributed by atoms with Crippen molar-refractivity contribution in [2.45, 2.75) is 25.7 Å². The Morgan fingerprint density at radius 1 is 1.26 bits per heavy atom. The Balaban J connectivity index is 1.92. The first-order chi connectivity index (χ1) is 9.11. The number of benzene rings is 1. The summed E-state index contributed by atoms with van der Waals surface area (Å²) >= 11 is 9.45. The Hall–Kier alpha value is -1.13. The van der Waals surface area contributed by atoms with Gasteiger partial charge in [0, 0.05) is 16.5 Å². The predicted molar refractivity (Wildman–Crippen MR) is 78.0 cm³/mol. The molecule has 2 aromatic rings. The van der Waals surface area contributed by atoms with Crippen LogP contribution in [0.25, 0.3) is 0 Å². The fraction of sp³-hybridized carbons (Fsp3) is 0.286. The molecule has 1 heterocycles. The molecular weight excluding hydrogens is 328 g/mol. The van der Waals surface area contributed by atoms with Gasteiger partial charge in [0.15, 0.2) is 0 Å². The van der Waals surface area contributed by atoms with Crippen LogP contribution in [0.15, 0.2) is 28.7 Å². The third-order valence-electron chi connectivity index (χ3n) is 3.00. The van der Waals surface area contributed by atoms with Crippen LogP contribution in [-0.4, -0.2) is 9.97 Å². The lowest BCUT2D eigenvalue weighted by molar-refractivity contribution is 0.455. The standard InChI is InChI=1S/C14H12BrClN2O/c1-8-2-5-10(15)6-11(8)19-13-7-12(16)17-14(18-13)9-3-4-9/h2,5-7,9H,3-4H2,1H3. The zero-order valence-electron chi connectivity index (χ0n) is 10.4. The largest absolute Gasteiger partial charge is 0.439 e. The summed E-state index contributed by atoms with van der Waals surface area (Å²) in [5.41, 5.74) is 1.05. The summed E-state index contributed by atoms with van der Waals surface area (Å²) < 4.78 is 6.79. The van der Waals surface area contributed by atoms with Gasteiger partial charge in [0.05, 0.1) is 0 Å². The van der Waals surface area contributed by atoms with Gasteiger partial charge in [-0.15, -0.1) is 0 Å². The Morgan fingerprint density at radius 3 is 2.79 bits per heavy atom. The number of nitrogens with zero attached hydrogens (tertiary/aromatic N) is 2. The van der Waals surface area contributed by atoms with Gasteiger partial charge in [0.2, 0.25) is 5.88 Å². The van der Waals surface area contributed by atoms with Crippen LogP contribution < -0.4 is 4.74 Å². The lowest BCUT2D eigenvalue weighted by atomic mass is 10.2. The number of hydrogen-bond donors (Lipinski definition) is 0. The minimum atomic E-state index is 0.430. The maximum Gasteiger partial charge on any atom is 0.224 e. The molecule has 98 valence electrons. The fourth-order valence-corrected chi connectivity index (χ4v) is 2.31. The van der Waals surface area contributed by atoms with E-state index in [0.717, 1.165) is 34.5 Å². The molecule has 1 saturated carbocycles. The van der Waals surface area contributed by atoms with E-state index in [1.54, 1.807) is 6.07 Å². The monoisotopic (exact) mass is 338 g/mol. The molecule has 0 amide bonds. The van der Waals surface area contributed by atoms with E-state index in [0.29, 0.717) is 17.0 Å². The van der Waals surface area contributed by atoms with E-state index in [1.165, 1.54) is 0 Å². The van der Waals surface area contributed by atoms with Crippen molar-refractivity contribution in [1.82, 2.24) is 9.97 Å². The molecule has 0 bridgehead atoms. The quantitative estimate of drug-likeness (QED) is 0.748. The van der Waals surface area contributed by atoms with Crippen LogP contribution in [0, 0.1) is 6.92 Å². The van der Waals surface area contributed by atoms with E-state index in [9.17, 15) is 0 Å². The molecular formula is C14H12BrClN2O. The summed E-state index contributed by atoms with van der Waals surface area (Å²) in [5.74, 6) is 2.51. The lowest BCUT2D eigenvalue weighted by Gasteiger charge is -2.09. The fourth-order valence-electron chi connectivity index (χ4n) is 1.79. The number of aromatic nitrogens is 2. The van der Waals surface area contributed by atoms with Crippen molar-refractivity contribution >= 4 is 27.5 Å². The van der Waals surface area contributed by atoms with Gasteiger partial charge in [-0.2, -0.15) is 4.98 Å². The smallest absolute Gasteiger partial charge is 0.224 e. The minimum absolute atomic E-state index is 0.430. The van der Waals surface area contributed by atoms with Crippen molar-refractivity contribution in [3.8, 4) is 11.6 Å². The first-order valence-electron chi connectivity index (χ1n) is 6.10. The molecule has 0 N–H and O–H groups in total. The highest BCUT2D eigenvalue weighted by Crippen LogP contribution is 2.39. The van der Waals surface area contributed by atoms with Crippen molar-refractivity contribution in [3.63, 3.8) is 0 Å². The van der Waals surface area contributed by atoms with Crippen LogP contribution in [0.5, 0.6) is 11.6 Å². The summed E-state index contributed by atoms with van der Waals surface area (Å²) in [6.07, 6.45) is 2.27. The molecule has 1 aliphatic carbocycles. The Kier molecular flexibility index (Phi) is 3.46. The molecule has 1 fully saturated rings. The zero-order valence-corrected chi connectivity index (χ0v) is 12.7. The van der Waals surface area contributed by atoms with Gasteiger partial charge >= 0.3 is 0 Å². The highest BCUT2D eigenvalue weighted by Gasteiger charge is 2.27. The molecule has 0 radical (unpaired) electrons. The van der Waals surface area contributed by atoms with Crippen LogP contribution >= 0.6 is 27.5 Å². The summed E-state index contributed by atoms with van der Waals surface area (Å²) in [4.78, 5) is 8.67. The molecule has 0 aliphatic heterocycles. The summed E-state index contributed by atoms with van der Waals surface area (Å²) in [6, 6.07) is 7.53. The molecule has 3 nitrogen and oxygen atoms in total. The van der Waals surface area contributed by atoms with Crippen molar-refractivity contribution in [1.29, 1.82) is 0 Å². The Labute approximate surface area is 125 Å². The SMILES string of the molecule is Cc1ccc(Br)cc1Oc1cc(Cl)nc(C2CC2)n1. The number of ether oxygens (including phenoxy) is 1. The van der Waals surface area contributed by atoms with Crippen molar-refractivity contribution in [3.05, 3.63) is 45.3 Å².